The van der Waals surface area contributed by atoms with E-state index >= 15 is 0 Å². The van der Waals surface area contributed by atoms with Crippen molar-refractivity contribution in [3.63, 3.8) is 0 Å². The summed E-state index contributed by atoms with van der Waals surface area (Å²) in [6.07, 6.45) is 5.20. The van der Waals surface area contributed by atoms with E-state index in [9.17, 15) is 4.79 Å². The lowest BCUT2D eigenvalue weighted by atomic mass is 10.1. The molecule has 1 aromatic rings. The van der Waals surface area contributed by atoms with Crippen LogP contribution in [0.4, 0.5) is 0 Å². The van der Waals surface area contributed by atoms with Gasteiger partial charge in [0, 0.05) is 49.9 Å². The van der Waals surface area contributed by atoms with Gasteiger partial charge in [-0.3, -0.25) is 14.4 Å². The number of likely N-dealkylation sites (tertiary alicyclic amines) is 1. The van der Waals surface area contributed by atoms with Crippen LogP contribution in [0.1, 0.15) is 43.4 Å². The monoisotopic (exact) mass is 291 g/mol. The summed E-state index contributed by atoms with van der Waals surface area (Å²) in [5.74, 6) is 0.758. The van der Waals surface area contributed by atoms with Crippen LogP contribution in [-0.2, 0) is 18.4 Å². The SMILES string of the molecule is CCNC(=O)[C@@H]1C[C@@H](N)CN1Cc1cnn(C)c1C1CC1. The summed E-state index contributed by atoms with van der Waals surface area (Å²) in [4.78, 5) is 14.4. The van der Waals surface area contributed by atoms with E-state index in [1.807, 2.05) is 24.9 Å². The van der Waals surface area contributed by atoms with Crippen molar-refractivity contribution in [2.24, 2.45) is 12.8 Å². The fourth-order valence-electron chi connectivity index (χ4n) is 3.39. The number of carbonyl (C=O) groups is 1. The Hall–Kier alpha value is -1.40. The van der Waals surface area contributed by atoms with E-state index in [-0.39, 0.29) is 18.0 Å². The Kier molecular flexibility index (Phi) is 3.99. The minimum atomic E-state index is -0.104. The summed E-state index contributed by atoms with van der Waals surface area (Å²) in [5, 5.41) is 7.33. The van der Waals surface area contributed by atoms with Crippen molar-refractivity contribution in [2.75, 3.05) is 13.1 Å². The number of nitrogens with two attached hydrogens (primary N) is 1. The van der Waals surface area contributed by atoms with Crippen LogP contribution >= 0.6 is 0 Å². The van der Waals surface area contributed by atoms with E-state index < -0.39 is 0 Å². The fourth-order valence-corrected chi connectivity index (χ4v) is 3.39. The van der Waals surface area contributed by atoms with Gasteiger partial charge in [-0.25, -0.2) is 0 Å². The van der Waals surface area contributed by atoms with Crippen molar-refractivity contribution >= 4 is 5.91 Å². The molecule has 2 fully saturated rings. The molecule has 1 amide bonds. The molecule has 6 nitrogen and oxygen atoms in total. The predicted octanol–water partition coefficient (Wildman–Crippen LogP) is 0.335. The lowest BCUT2D eigenvalue weighted by Gasteiger charge is -2.23. The third-order valence-corrected chi connectivity index (χ3v) is 4.49. The van der Waals surface area contributed by atoms with Crippen molar-refractivity contribution in [1.82, 2.24) is 20.0 Å². The molecular formula is C15H25N5O. The summed E-state index contributed by atoms with van der Waals surface area (Å²) >= 11 is 0. The maximum Gasteiger partial charge on any atom is 0.237 e. The number of likely N-dealkylation sites (N-methyl/N-ethyl adjacent to an activating group) is 1. The van der Waals surface area contributed by atoms with E-state index in [0.717, 1.165) is 19.5 Å². The first kappa shape index (κ1) is 14.5. The zero-order chi connectivity index (χ0) is 15.0. The number of carbonyl (C=O) groups excluding carboxylic acids is 1. The van der Waals surface area contributed by atoms with Crippen molar-refractivity contribution < 1.29 is 4.79 Å². The minimum absolute atomic E-state index is 0.0821. The van der Waals surface area contributed by atoms with Gasteiger partial charge in [0.1, 0.15) is 0 Å². The Morgan fingerprint density at radius 2 is 2.29 bits per heavy atom. The van der Waals surface area contributed by atoms with Gasteiger partial charge in [-0.05, 0) is 26.2 Å². The maximum absolute atomic E-state index is 12.2. The van der Waals surface area contributed by atoms with Crippen LogP contribution in [0.2, 0.25) is 0 Å². The third-order valence-electron chi connectivity index (χ3n) is 4.49. The molecule has 0 spiro atoms. The topological polar surface area (TPSA) is 76.2 Å². The average Bonchev–Trinajstić information content (AvgIpc) is 3.11. The Morgan fingerprint density at radius 1 is 1.52 bits per heavy atom. The number of nitrogens with zero attached hydrogens (tertiary/aromatic N) is 3. The molecule has 6 heteroatoms. The predicted molar refractivity (Wildman–Crippen MR) is 80.7 cm³/mol. The van der Waals surface area contributed by atoms with E-state index in [4.69, 9.17) is 5.73 Å². The van der Waals surface area contributed by atoms with Gasteiger partial charge in [-0.1, -0.05) is 0 Å². The molecule has 2 aliphatic rings. The number of nitrogens with one attached hydrogen (secondary N) is 1. The van der Waals surface area contributed by atoms with Gasteiger partial charge in [0.05, 0.1) is 12.2 Å². The van der Waals surface area contributed by atoms with Gasteiger partial charge in [-0.2, -0.15) is 5.10 Å². The molecule has 116 valence electrons. The van der Waals surface area contributed by atoms with Crippen LogP contribution in [0.5, 0.6) is 0 Å². The molecule has 0 unspecified atom stereocenters. The first-order valence-corrected chi connectivity index (χ1v) is 7.88. The van der Waals surface area contributed by atoms with E-state index in [1.54, 1.807) is 0 Å². The smallest absolute Gasteiger partial charge is 0.237 e. The zero-order valence-electron chi connectivity index (χ0n) is 12.9. The fraction of sp³-hybridized carbons (Fsp3) is 0.733. The molecule has 21 heavy (non-hydrogen) atoms. The highest BCUT2D eigenvalue weighted by atomic mass is 16.2. The zero-order valence-corrected chi connectivity index (χ0v) is 12.9. The third kappa shape index (κ3) is 2.96. The van der Waals surface area contributed by atoms with E-state index in [0.29, 0.717) is 12.5 Å². The molecule has 0 aromatic carbocycles. The Bertz CT molecular complexity index is 522. The quantitative estimate of drug-likeness (QED) is 0.820. The van der Waals surface area contributed by atoms with Crippen LogP contribution in [0.25, 0.3) is 0 Å². The molecule has 1 saturated heterocycles. The van der Waals surface area contributed by atoms with E-state index in [2.05, 4.69) is 15.3 Å². The summed E-state index contributed by atoms with van der Waals surface area (Å²) in [6, 6.07) is -0.0224. The number of rotatable bonds is 5. The average molecular weight is 291 g/mol. The molecule has 1 saturated carbocycles. The molecule has 1 aromatic heterocycles. The number of amides is 1. The van der Waals surface area contributed by atoms with Crippen molar-refractivity contribution in [1.29, 1.82) is 0 Å². The Labute approximate surface area is 125 Å². The molecule has 3 rings (SSSR count). The summed E-state index contributed by atoms with van der Waals surface area (Å²) in [7, 11) is 2.01. The first-order valence-electron chi connectivity index (χ1n) is 7.88. The lowest BCUT2D eigenvalue weighted by Crippen LogP contribution is -2.42. The van der Waals surface area contributed by atoms with Crippen LogP contribution < -0.4 is 11.1 Å². The molecular weight excluding hydrogens is 266 g/mol. The normalized spacial score (nSPS) is 26.2. The summed E-state index contributed by atoms with van der Waals surface area (Å²) in [6.45, 7) is 4.16. The van der Waals surface area contributed by atoms with Crippen LogP contribution in [0.3, 0.4) is 0 Å². The minimum Gasteiger partial charge on any atom is -0.355 e. The largest absolute Gasteiger partial charge is 0.355 e. The van der Waals surface area contributed by atoms with Crippen LogP contribution in [-0.4, -0.2) is 45.8 Å². The Morgan fingerprint density at radius 3 is 2.95 bits per heavy atom. The molecule has 0 radical (unpaired) electrons. The second-order valence-electron chi connectivity index (χ2n) is 6.29. The van der Waals surface area contributed by atoms with Crippen LogP contribution in [0, 0.1) is 0 Å². The highest BCUT2D eigenvalue weighted by Crippen LogP contribution is 2.41. The summed E-state index contributed by atoms with van der Waals surface area (Å²) < 4.78 is 1.99. The molecule has 1 aliphatic carbocycles. The maximum atomic E-state index is 12.2. The number of hydrogen-bond donors (Lipinski definition) is 2. The van der Waals surface area contributed by atoms with Gasteiger partial charge < -0.3 is 11.1 Å². The van der Waals surface area contributed by atoms with Gasteiger partial charge >= 0.3 is 0 Å². The molecule has 1 aliphatic heterocycles. The lowest BCUT2D eigenvalue weighted by molar-refractivity contribution is -0.125. The van der Waals surface area contributed by atoms with E-state index in [1.165, 1.54) is 24.1 Å². The Balaban J connectivity index is 1.75. The highest BCUT2D eigenvalue weighted by molar-refractivity contribution is 5.82. The standard InChI is InChI=1S/C15H25N5O/c1-3-17-15(21)13-6-12(16)9-20(13)8-11-7-18-19(2)14(11)10-4-5-10/h7,10,12-13H,3-6,8-9,16H2,1-2H3,(H,17,21)/t12-,13+/m1/s1. The molecule has 2 atom stereocenters. The van der Waals surface area contributed by atoms with Crippen molar-refractivity contribution in [3.05, 3.63) is 17.5 Å². The number of aromatic nitrogens is 2. The molecule has 0 bridgehead atoms. The number of aryl methyl sites for hydroxylation is 1. The molecule has 2 heterocycles. The summed E-state index contributed by atoms with van der Waals surface area (Å²) in [5.41, 5.74) is 8.67. The van der Waals surface area contributed by atoms with Crippen LogP contribution in [0.15, 0.2) is 6.20 Å². The first-order chi connectivity index (χ1) is 10.1. The van der Waals surface area contributed by atoms with Gasteiger partial charge in [0.25, 0.3) is 0 Å². The number of hydrogen-bond acceptors (Lipinski definition) is 4. The second kappa shape index (κ2) is 5.77. The van der Waals surface area contributed by atoms with Crippen molar-refractivity contribution in [2.45, 2.75) is 50.7 Å². The van der Waals surface area contributed by atoms with Gasteiger partial charge in [-0.15, -0.1) is 0 Å². The van der Waals surface area contributed by atoms with Crippen molar-refractivity contribution in [3.8, 4) is 0 Å². The van der Waals surface area contributed by atoms with Gasteiger partial charge in [0.2, 0.25) is 5.91 Å². The molecule has 3 N–H and O–H groups in total. The second-order valence-corrected chi connectivity index (χ2v) is 6.29. The van der Waals surface area contributed by atoms with Gasteiger partial charge in [0.15, 0.2) is 0 Å². The highest BCUT2D eigenvalue weighted by Gasteiger charge is 2.36.